The van der Waals surface area contributed by atoms with Crippen molar-refractivity contribution in [2.24, 2.45) is 0 Å². The highest BCUT2D eigenvalue weighted by atomic mass is 32.1. The number of hydrogen-bond acceptors (Lipinski definition) is 4. The Morgan fingerprint density at radius 3 is 2.59 bits per heavy atom. The molecule has 0 aliphatic carbocycles. The zero-order valence-electron chi connectivity index (χ0n) is 17.0. The maximum Gasteiger partial charge on any atom is 0.322 e. The number of carbonyl (C=O) groups excluding carboxylic acids is 1. The Hall–Kier alpha value is -2.86. The summed E-state index contributed by atoms with van der Waals surface area (Å²) in [7, 11) is 0. The molecular weight excluding hydrogens is 382 g/mol. The quantitative estimate of drug-likeness (QED) is 0.629. The molecule has 3 aromatic rings. The summed E-state index contributed by atoms with van der Waals surface area (Å²) in [6.07, 6.45) is 0.781. The number of benzene rings is 2. The van der Waals surface area contributed by atoms with Crippen LogP contribution in [0.25, 0.3) is 10.6 Å². The van der Waals surface area contributed by atoms with Gasteiger partial charge in [0.15, 0.2) is 0 Å². The molecule has 0 saturated heterocycles. The fraction of sp³-hybridized carbons (Fsp3) is 0.304. The van der Waals surface area contributed by atoms with Crippen molar-refractivity contribution in [2.75, 3.05) is 18.5 Å². The first-order chi connectivity index (χ1) is 14.0. The lowest BCUT2D eigenvalue weighted by Gasteiger charge is -2.26. The summed E-state index contributed by atoms with van der Waals surface area (Å²) >= 11 is 1.67. The van der Waals surface area contributed by atoms with Gasteiger partial charge < -0.3 is 15.0 Å². The van der Waals surface area contributed by atoms with Crippen LogP contribution in [0.1, 0.15) is 28.6 Å². The molecule has 29 heavy (non-hydrogen) atoms. The number of aromatic nitrogens is 1. The third kappa shape index (κ3) is 4.43. The van der Waals surface area contributed by atoms with E-state index < -0.39 is 0 Å². The van der Waals surface area contributed by atoms with Gasteiger partial charge in [-0.25, -0.2) is 9.78 Å². The Kier molecular flexibility index (Phi) is 5.53. The van der Waals surface area contributed by atoms with Crippen LogP contribution in [0, 0.1) is 13.8 Å². The van der Waals surface area contributed by atoms with Crippen molar-refractivity contribution in [3.63, 3.8) is 0 Å². The number of thiazole rings is 1. The van der Waals surface area contributed by atoms with Crippen molar-refractivity contribution in [3.05, 3.63) is 64.2 Å². The minimum absolute atomic E-state index is 0.0586. The van der Waals surface area contributed by atoms with Gasteiger partial charge in [0.2, 0.25) is 0 Å². The third-order valence-corrected chi connectivity index (χ3v) is 6.04. The number of carbonyl (C=O) groups is 1. The number of hydrogen-bond donors (Lipinski definition) is 1. The molecular formula is C23H25N3O2S. The number of nitrogens with one attached hydrogen (secondary N) is 1. The first kappa shape index (κ1) is 19.5. The fourth-order valence-electron chi connectivity index (χ4n) is 3.60. The zero-order valence-corrected chi connectivity index (χ0v) is 17.8. The van der Waals surface area contributed by atoms with E-state index in [2.05, 4.69) is 11.4 Å². The van der Waals surface area contributed by atoms with E-state index in [4.69, 9.17) is 9.72 Å². The third-order valence-electron chi connectivity index (χ3n) is 4.90. The highest BCUT2D eigenvalue weighted by Crippen LogP contribution is 2.32. The molecule has 0 saturated carbocycles. The van der Waals surface area contributed by atoms with Crippen molar-refractivity contribution < 1.29 is 9.53 Å². The van der Waals surface area contributed by atoms with Gasteiger partial charge in [0.25, 0.3) is 0 Å². The molecule has 2 heterocycles. The van der Waals surface area contributed by atoms with Crippen LogP contribution >= 0.6 is 11.3 Å². The minimum atomic E-state index is -0.0586. The van der Waals surface area contributed by atoms with Crippen molar-refractivity contribution >= 4 is 23.1 Å². The Morgan fingerprint density at radius 2 is 1.90 bits per heavy atom. The summed E-state index contributed by atoms with van der Waals surface area (Å²) in [4.78, 5) is 20.6. The van der Waals surface area contributed by atoms with E-state index in [0.29, 0.717) is 19.7 Å². The highest BCUT2D eigenvalue weighted by molar-refractivity contribution is 7.15. The number of anilines is 1. The van der Waals surface area contributed by atoms with Crippen LogP contribution in [-0.2, 0) is 13.0 Å². The van der Waals surface area contributed by atoms with Crippen molar-refractivity contribution in [1.82, 2.24) is 9.88 Å². The summed E-state index contributed by atoms with van der Waals surface area (Å²) < 4.78 is 5.51. The Morgan fingerprint density at radius 1 is 1.17 bits per heavy atom. The van der Waals surface area contributed by atoms with E-state index in [1.807, 2.05) is 62.1 Å². The molecule has 150 valence electrons. The van der Waals surface area contributed by atoms with Gasteiger partial charge in [-0.05, 0) is 68.3 Å². The molecule has 1 aromatic heterocycles. The second-order valence-corrected chi connectivity index (χ2v) is 8.41. The molecule has 0 spiro atoms. The second kappa shape index (κ2) is 8.25. The molecule has 2 amide bonds. The van der Waals surface area contributed by atoms with Crippen LogP contribution in [-0.4, -0.2) is 29.1 Å². The average Bonchev–Trinajstić information content (AvgIpc) is 3.11. The maximum atomic E-state index is 12.8. The largest absolute Gasteiger partial charge is 0.494 e. The predicted octanol–water partition coefficient (Wildman–Crippen LogP) is 5.42. The van der Waals surface area contributed by atoms with Crippen LogP contribution in [0.4, 0.5) is 10.5 Å². The second-order valence-electron chi connectivity index (χ2n) is 7.32. The molecule has 1 aliphatic heterocycles. The number of rotatable bonds is 4. The van der Waals surface area contributed by atoms with Crippen LogP contribution in [0.3, 0.4) is 0 Å². The monoisotopic (exact) mass is 407 g/mol. The average molecular weight is 408 g/mol. The molecule has 1 aliphatic rings. The molecule has 0 radical (unpaired) electrons. The molecule has 6 heteroatoms. The number of ether oxygens (including phenoxy) is 1. The zero-order chi connectivity index (χ0) is 20.4. The van der Waals surface area contributed by atoms with Gasteiger partial charge in [-0.2, -0.15) is 0 Å². The van der Waals surface area contributed by atoms with Gasteiger partial charge in [-0.1, -0.05) is 6.07 Å². The topological polar surface area (TPSA) is 54.5 Å². The number of nitrogens with zero attached hydrogens (tertiary/aromatic N) is 2. The van der Waals surface area contributed by atoms with E-state index in [0.717, 1.165) is 50.1 Å². The first-order valence-corrected chi connectivity index (χ1v) is 10.7. The van der Waals surface area contributed by atoms with Crippen LogP contribution in [0.5, 0.6) is 5.75 Å². The molecule has 1 N–H and O–H groups in total. The van der Waals surface area contributed by atoms with E-state index >= 15 is 0 Å². The number of urea groups is 1. The maximum absolute atomic E-state index is 12.8. The van der Waals surface area contributed by atoms with E-state index in [1.165, 1.54) is 0 Å². The summed E-state index contributed by atoms with van der Waals surface area (Å²) in [6.45, 7) is 7.98. The molecule has 5 nitrogen and oxygen atoms in total. The SMILES string of the molecule is CCOc1ccc(-c2nc3c(s2)CN(C(=O)Nc2cc(C)cc(C)c2)CC3)cc1. The smallest absolute Gasteiger partial charge is 0.322 e. The van der Waals surface area contributed by atoms with Gasteiger partial charge in [0, 0.05) is 29.1 Å². The van der Waals surface area contributed by atoms with Gasteiger partial charge in [0.1, 0.15) is 10.8 Å². The van der Waals surface area contributed by atoms with Gasteiger partial charge in [-0.15, -0.1) is 11.3 Å². The summed E-state index contributed by atoms with van der Waals surface area (Å²) in [5.41, 5.74) is 5.32. The number of aryl methyl sites for hydroxylation is 2. The van der Waals surface area contributed by atoms with Crippen LogP contribution in [0.15, 0.2) is 42.5 Å². The molecule has 0 atom stereocenters. The lowest BCUT2D eigenvalue weighted by molar-refractivity contribution is 0.207. The standard InChI is InChI=1S/C23H25N3O2S/c1-4-28-19-7-5-17(6-8-19)22-25-20-9-10-26(14-21(20)29-22)23(27)24-18-12-15(2)11-16(3)13-18/h5-8,11-13H,4,9-10,14H2,1-3H3,(H,24,27). The fourth-order valence-corrected chi connectivity index (χ4v) is 4.73. The number of amides is 2. The predicted molar refractivity (Wildman–Crippen MR) is 118 cm³/mol. The van der Waals surface area contributed by atoms with Gasteiger partial charge in [0.05, 0.1) is 18.8 Å². The summed E-state index contributed by atoms with van der Waals surface area (Å²) in [6, 6.07) is 14.1. The van der Waals surface area contributed by atoms with E-state index in [1.54, 1.807) is 11.3 Å². The van der Waals surface area contributed by atoms with Crippen LogP contribution in [0.2, 0.25) is 0 Å². The van der Waals surface area contributed by atoms with Crippen molar-refractivity contribution in [2.45, 2.75) is 33.7 Å². The lowest BCUT2D eigenvalue weighted by atomic mass is 10.1. The molecule has 0 unspecified atom stereocenters. The van der Waals surface area contributed by atoms with E-state index in [-0.39, 0.29) is 6.03 Å². The van der Waals surface area contributed by atoms with Crippen molar-refractivity contribution in [1.29, 1.82) is 0 Å². The number of fused-ring (bicyclic) bond motifs is 1. The Bertz CT molecular complexity index is 1010. The first-order valence-electron chi connectivity index (χ1n) is 9.88. The Balaban J connectivity index is 1.46. The molecule has 0 fully saturated rings. The Labute approximate surface area is 175 Å². The molecule has 2 aromatic carbocycles. The normalized spacial score (nSPS) is 13.1. The molecule has 4 rings (SSSR count). The van der Waals surface area contributed by atoms with Gasteiger partial charge in [-0.3, -0.25) is 0 Å². The lowest BCUT2D eigenvalue weighted by Crippen LogP contribution is -2.38. The highest BCUT2D eigenvalue weighted by Gasteiger charge is 2.24. The summed E-state index contributed by atoms with van der Waals surface area (Å²) in [5, 5.41) is 4.03. The molecule has 0 bridgehead atoms. The van der Waals surface area contributed by atoms with Crippen LogP contribution < -0.4 is 10.1 Å². The minimum Gasteiger partial charge on any atom is -0.494 e. The van der Waals surface area contributed by atoms with E-state index in [9.17, 15) is 4.79 Å². The van der Waals surface area contributed by atoms with Gasteiger partial charge >= 0.3 is 6.03 Å². The van der Waals surface area contributed by atoms with Crippen molar-refractivity contribution in [3.8, 4) is 16.3 Å². The summed E-state index contributed by atoms with van der Waals surface area (Å²) in [5.74, 6) is 0.867.